The van der Waals surface area contributed by atoms with E-state index in [9.17, 15) is 14.4 Å². The summed E-state index contributed by atoms with van der Waals surface area (Å²) in [6, 6.07) is 8.50. The first kappa shape index (κ1) is 17.6. The van der Waals surface area contributed by atoms with Crippen molar-refractivity contribution >= 4 is 17.7 Å². The molecule has 0 bridgehead atoms. The molecule has 2 heterocycles. The van der Waals surface area contributed by atoms with Gasteiger partial charge >= 0.3 is 0 Å². The van der Waals surface area contributed by atoms with E-state index in [1.165, 1.54) is 16.0 Å². The average Bonchev–Trinajstić information content (AvgIpc) is 2.92. The minimum atomic E-state index is -0.152. The van der Waals surface area contributed by atoms with E-state index in [0.29, 0.717) is 13.1 Å². The zero-order valence-electron chi connectivity index (χ0n) is 14.7. The van der Waals surface area contributed by atoms with Crippen LogP contribution in [0.1, 0.15) is 30.4 Å². The molecule has 0 spiro atoms. The van der Waals surface area contributed by atoms with Crippen LogP contribution in [0.25, 0.3) is 0 Å². The fourth-order valence-electron chi connectivity index (χ4n) is 3.46. The van der Waals surface area contributed by atoms with Crippen molar-refractivity contribution in [1.82, 2.24) is 14.7 Å². The van der Waals surface area contributed by atoms with Gasteiger partial charge in [0.2, 0.25) is 17.7 Å². The van der Waals surface area contributed by atoms with Gasteiger partial charge in [0.25, 0.3) is 0 Å². The summed E-state index contributed by atoms with van der Waals surface area (Å²) in [4.78, 5) is 40.9. The highest BCUT2D eigenvalue weighted by Crippen LogP contribution is 2.14. The Balaban J connectivity index is 1.43. The van der Waals surface area contributed by atoms with Gasteiger partial charge in [-0.05, 0) is 12.5 Å². The van der Waals surface area contributed by atoms with E-state index in [1.54, 1.807) is 0 Å². The van der Waals surface area contributed by atoms with Gasteiger partial charge in [-0.2, -0.15) is 0 Å². The van der Waals surface area contributed by atoms with Crippen molar-refractivity contribution in [3.63, 3.8) is 0 Å². The molecule has 2 aliphatic rings. The Hall–Kier alpha value is -2.21. The normalized spacial score (nSPS) is 18.9. The number of hydrogen-bond acceptors (Lipinski definition) is 4. The maximum absolute atomic E-state index is 12.3. The number of nitrogens with zero attached hydrogens (tertiary/aromatic N) is 3. The molecule has 6 heteroatoms. The molecule has 25 heavy (non-hydrogen) atoms. The molecule has 0 atom stereocenters. The Morgan fingerprint density at radius 2 is 1.72 bits per heavy atom. The van der Waals surface area contributed by atoms with Crippen molar-refractivity contribution in [2.45, 2.75) is 32.7 Å². The number of carbonyl (C=O) groups excluding carboxylic acids is 3. The van der Waals surface area contributed by atoms with Gasteiger partial charge in [-0.3, -0.25) is 24.2 Å². The number of hydrogen-bond donors (Lipinski definition) is 0. The van der Waals surface area contributed by atoms with E-state index in [1.807, 2.05) is 4.90 Å². The first-order valence-corrected chi connectivity index (χ1v) is 8.92. The monoisotopic (exact) mass is 343 g/mol. The van der Waals surface area contributed by atoms with E-state index in [0.717, 1.165) is 19.6 Å². The van der Waals surface area contributed by atoms with Crippen molar-refractivity contribution in [3.05, 3.63) is 35.4 Å². The van der Waals surface area contributed by atoms with Crippen LogP contribution >= 0.6 is 0 Å². The summed E-state index contributed by atoms with van der Waals surface area (Å²) in [6.07, 6.45) is 0.796. The van der Waals surface area contributed by atoms with Crippen LogP contribution in [0, 0.1) is 6.92 Å². The second-order valence-electron chi connectivity index (χ2n) is 6.84. The number of imide groups is 1. The summed E-state index contributed by atoms with van der Waals surface area (Å²) < 4.78 is 0. The van der Waals surface area contributed by atoms with Gasteiger partial charge in [0.1, 0.15) is 0 Å². The van der Waals surface area contributed by atoms with Gasteiger partial charge in [0, 0.05) is 58.5 Å². The fourth-order valence-corrected chi connectivity index (χ4v) is 3.46. The maximum atomic E-state index is 12.3. The summed E-state index contributed by atoms with van der Waals surface area (Å²) in [5, 5.41) is 0. The van der Waals surface area contributed by atoms with Crippen LogP contribution in [0.15, 0.2) is 24.3 Å². The second kappa shape index (κ2) is 7.78. The van der Waals surface area contributed by atoms with E-state index < -0.39 is 0 Å². The number of rotatable bonds is 5. The van der Waals surface area contributed by atoms with Crippen LogP contribution < -0.4 is 0 Å². The molecule has 0 radical (unpaired) electrons. The van der Waals surface area contributed by atoms with Gasteiger partial charge in [0.05, 0.1) is 0 Å². The second-order valence-corrected chi connectivity index (χ2v) is 6.84. The zero-order chi connectivity index (χ0) is 17.8. The number of likely N-dealkylation sites (tertiary alicyclic amines) is 1. The molecule has 134 valence electrons. The van der Waals surface area contributed by atoms with Crippen molar-refractivity contribution in [1.29, 1.82) is 0 Å². The third kappa shape index (κ3) is 4.45. The lowest BCUT2D eigenvalue weighted by atomic mass is 10.1. The average molecular weight is 343 g/mol. The van der Waals surface area contributed by atoms with Crippen molar-refractivity contribution in [3.8, 4) is 0 Å². The predicted octanol–water partition coefficient (Wildman–Crippen LogP) is 1.18. The molecule has 0 aliphatic carbocycles. The van der Waals surface area contributed by atoms with Crippen LogP contribution in [0.2, 0.25) is 0 Å². The topological polar surface area (TPSA) is 60.9 Å². The largest absolute Gasteiger partial charge is 0.340 e. The lowest BCUT2D eigenvalue weighted by molar-refractivity contribution is -0.139. The molecule has 3 rings (SSSR count). The van der Waals surface area contributed by atoms with Gasteiger partial charge in [-0.1, -0.05) is 29.8 Å². The first-order chi connectivity index (χ1) is 12.0. The molecule has 0 saturated carbocycles. The molecule has 3 amide bonds. The lowest BCUT2D eigenvalue weighted by Gasteiger charge is -2.35. The molecular weight excluding hydrogens is 318 g/mol. The highest BCUT2D eigenvalue weighted by molar-refractivity contribution is 6.02. The third-order valence-electron chi connectivity index (χ3n) is 4.92. The highest BCUT2D eigenvalue weighted by Gasteiger charge is 2.30. The van der Waals surface area contributed by atoms with Crippen LogP contribution in [0.5, 0.6) is 0 Å². The Bertz CT molecular complexity index is 650. The van der Waals surface area contributed by atoms with Crippen molar-refractivity contribution < 1.29 is 14.4 Å². The standard InChI is InChI=1S/C19H25N3O3/c1-15-3-2-4-16(13-15)14-20-9-11-21(12-10-20)17(23)7-8-22-18(24)5-6-19(22)25/h2-4,13H,5-12,14H2,1H3. The number of carbonyl (C=O) groups is 3. The van der Waals surface area contributed by atoms with Gasteiger partial charge in [0.15, 0.2) is 0 Å². The number of aryl methyl sites for hydroxylation is 1. The van der Waals surface area contributed by atoms with E-state index >= 15 is 0 Å². The molecule has 1 aromatic carbocycles. The summed E-state index contributed by atoms with van der Waals surface area (Å²) in [7, 11) is 0. The summed E-state index contributed by atoms with van der Waals surface area (Å²) in [6.45, 7) is 6.32. The van der Waals surface area contributed by atoms with Crippen LogP contribution in [-0.4, -0.2) is 65.1 Å². The molecule has 2 fully saturated rings. The van der Waals surface area contributed by atoms with Crippen LogP contribution in [-0.2, 0) is 20.9 Å². The Morgan fingerprint density at radius 1 is 1.04 bits per heavy atom. The van der Waals surface area contributed by atoms with Crippen LogP contribution in [0.4, 0.5) is 0 Å². The SMILES string of the molecule is Cc1cccc(CN2CCN(C(=O)CCN3C(=O)CCC3=O)CC2)c1. The van der Waals surface area contributed by atoms with E-state index in [-0.39, 0.29) is 43.5 Å². The zero-order valence-corrected chi connectivity index (χ0v) is 14.7. The van der Waals surface area contributed by atoms with Gasteiger partial charge in [-0.25, -0.2) is 0 Å². The maximum Gasteiger partial charge on any atom is 0.229 e. The summed E-state index contributed by atoms with van der Waals surface area (Å²) in [5.74, 6) is -0.274. The van der Waals surface area contributed by atoms with Gasteiger partial charge < -0.3 is 4.90 Å². The summed E-state index contributed by atoms with van der Waals surface area (Å²) in [5.41, 5.74) is 2.56. The Morgan fingerprint density at radius 3 is 2.36 bits per heavy atom. The molecule has 6 nitrogen and oxygen atoms in total. The molecular formula is C19H25N3O3. The minimum Gasteiger partial charge on any atom is -0.340 e. The fraction of sp³-hybridized carbons (Fsp3) is 0.526. The summed E-state index contributed by atoms with van der Waals surface area (Å²) >= 11 is 0. The van der Waals surface area contributed by atoms with E-state index in [2.05, 4.69) is 36.1 Å². The number of benzene rings is 1. The van der Waals surface area contributed by atoms with Gasteiger partial charge in [-0.15, -0.1) is 0 Å². The van der Waals surface area contributed by atoms with Crippen LogP contribution in [0.3, 0.4) is 0 Å². The quantitative estimate of drug-likeness (QED) is 0.753. The first-order valence-electron chi connectivity index (χ1n) is 8.92. The highest BCUT2D eigenvalue weighted by atomic mass is 16.2. The lowest BCUT2D eigenvalue weighted by Crippen LogP contribution is -2.49. The smallest absolute Gasteiger partial charge is 0.229 e. The molecule has 2 aliphatic heterocycles. The van der Waals surface area contributed by atoms with Crippen molar-refractivity contribution in [2.75, 3.05) is 32.7 Å². The Labute approximate surface area is 148 Å². The minimum absolute atomic E-state index is 0.0303. The van der Waals surface area contributed by atoms with Crippen molar-refractivity contribution in [2.24, 2.45) is 0 Å². The molecule has 0 N–H and O–H groups in total. The molecule has 0 unspecified atom stereocenters. The third-order valence-corrected chi connectivity index (χ3v) is 4.92. The molecule has 2 saturated heterocycles. The number of amides is 3. The van der Waals surface area contributed by atoms with E-state index in [4.69, 9.17) is 0 Å². The molecule has 1 aromatic rings. The Kier molecular flexibility index (Phi) is 5.48. The predicted molar refractivity (Wildman–Crippen MR) is 93.6 cm³/mol. The number of piperazine rings is 1. The molecule has 0 aromatic heterocycles.